The average molecular weight is 506 g/mol. The third-order valence-electron chi connectivity index (χ3n) is 5.05. The van der Waals surface area contributed by atoms with Gasteiger partial charge < -0.3 is 20.7 Å². The summed E-state index contributed by atoms with van der Waals surface area (Å²) in [6, 6.07) is 8.65. The van der Waals surface area contributed by atoms with Crippen molar-refractivity contribution < 1.29 is 27.5 Å². The quantitative estimate of drug-likeness (QED) is 0.367. The fourth-order valence-electron chi connectivity index (χ4n) is 3.06. The van der Waals surface area contributed by atoms with Crippen molar-refractivity contribution in [1.82, 2.24) is 9.97 Å². The molecule has 0 bridgehead atoms. The number of hydrogen-bond donors (Lipinski definition) is 3. The van der Waals surface area contributed by atoms with Crippen LogP contribution in [0.25, 0.3) is 0 Å². The maximum absolute atomic E-state index is 13.1. The molecule has 1 fully saturated rings. The summed E-state index contributed by atoms with van der Waals surface area (Å²) in [6.45, 7) is 1.74. The highest BCUT2D eigenvalue weighted by Crippen LogP contribution is 2.36. The second kappa shape index (κ2) is 9.79. The first-order chi connectivity index (χ1) is 16.6. The average Bonchev–Trinajstić information content (AvgIpc) is 3.62. The Balaban J connectivity index is 1.43. The minimum atomic E-state index is -4.66. The molecule has 3 N–H and O–H groups in total. The molecule has 1 aromatic heterocycles. The van der Waals surface area contributed by atoms with Gasteiger partial charge in [0.05, 0.1) is 10.6 Å². The smallest absolute Gasteiger partial charge is 0.417 e. The summed E-state index contributed by atoms with van der Waals surface area (Å²) in [4.78, 5) is 32.4. The molecule has 35 heavy (non-hydrogen) atoms. The molecule has 1 saturated carbocycles. The van der Waals surface area contributed by atoms with Crippen molar-refractivity contribution in [2.45, 2.75) is 25.9 Å². The van der Waals surface area contributed by atoms with Crippen molar-refractivity contribution in [2.75, 3.05) is 16.0 Å². The molecule has 0 spiro atoms. The van der Waals surface area contributed by atoms with Crippen LogP contribution >= 0.6 is 11.6 Å². The molecule has 12 heteroatoms. The van der Waals surface area contributed by atoms with Gasteiger partial charge in [0.1, 0.15) is 17.9 Å². The van der Waals surface area contributed by atoms with Gasteiger partial charge in [-0.15, -0.1) is 0 Å². The molecule has 0 saturated heterocycles. The Morgan fingerprint density at radius 3 is 2.51 bits per heavy atom. The molecule has 0 unspecified atom stereocenters. The molecule has 1 heterocycles. The van der Waals surface area contributed by atoms with E-state index >= 15 is 0 Å². The summed E-state index contributed by atoms with van der Waals surface area (Å²) >= 11 is 5.61. The van der Waals surface area contributed by atoms with Crippen LogP contribution in [0.1, 0.15) is 24.0 Å². The van der Waals surface area contributed by atoms with E-state index in [-0.39, 0.29) is 23.4 Å². The van der Waals surface area contributed by atoms with Gasteiger partial charge in [-0.25, -0.2) is 14.8 Å². The summed E-state index contributed by atoms with van der Waals surface area (Å²) in [5.41, 5.74) is -0.0897. The first-order valence-corrected chi connectivity index (χ1v) is 10.8. The lowest BCUT2D eigenvalue weighted by molar-refractivity contribution is -0.137. The van der Waals surface area contributed by atoms with Gasteiger partial charge in [-0.2, -0.15) is 13.2 Å². The van der Waals surface area contributed by atoms with E-state index in [2.05, 4.69) is 25.9 Å². The standard InChI is InChI=1S/C23H19ClF3N5O3/c1-12-2-6-15(35-20-10-19(28-11-29-20)32-21(33)13-3-4-13)9-18(12)31-22(34)30-14-5-7-17(24)16(8-14)23(25,26)27/h2,5-11,13H,3-4H2,1H3,(H2,30,31,34)(H,28,29,32,33). The van der Waals surface area contributed by atoms with Gasteiger partial charge in [0, 0.05) is 29.4 Å². The van der Waals surface area contributed by atoms with Crippen molar-refractivity contribution in [1.29, 1.82) is 0 Å². The predicted molar refractivity (Wildman–Crippen MR) is 124 cm³/mol. The molecular weight excluding hydrogens is 487 g/mol. The molecule has 3 aromatic rings. The summed E-state index contributed by atoms with van der Waals surface area (Å²) in [5, 5.41) is 7.17. The van der Waals surface area contributed by atoms with Crippen LogP contribution in [-0.2, 0) is 11.0 Å². The third-order valence-corrected chi connectivity index (χ3v) is 5.38. The number of nitrogens with zero attached hydrogens (tertiary/aromatic N) is 2. The van der Waals surface area contributed by atoms with Crippen LogP contribution < -0.4 is 20.7 Å². The van der Waals surface area contributed by atoms with Crippen LogP contribution in [0, 0.1) is 12.8 Å². The van der Waals surface area contributed by atoms with Crippen LogP contribution in [-0.4, -0.2) is 21.9 Å². The lowest BCUT2D eigenvalue weighted by atomic mass is 10.2. The Kier molecular flexibility index (Phi) is 6.79. The van der Waals surface area contributed by atoms with E-state index in [0.29, 0.717) is 22.8 Å². The van der Waals surface area contributed by atoms with Crippen LogP contribution in [0.3, 0.4) is 0 Å². The predicted octanol–water partition coefficient (Wildman–Crippen LogP) is 6.24. The zero-order chi connectivity index (χ0) is 25.2. The minimum Gasteiger partial charge on any atom is -0.439 e. The summed E-state index contributed by atoms with van der Waals surface area (Å²) < 4.78 is 44.9. The number of amides is 3. The third kappa shape index (κ3) is 6.38. The van der Waals surface area contributed by atoms with Crippen molar-refractivity contribution in [2.24, 2.45) is 5.92 Å². The summed E-state index contributed by atoms with van der Waals surface area (Å²) in [6.07, 6.45) is -1.70. The number of nitrogens with one attached hydrogen (secondary N) is 3. The van der Waals surface area contributed by atoms with Crippen molar-refractivity contribution in [3.63, 3.8) is 0 Å². The van der Waals surface area contributed by atoms with Crippen LogP contribution in [0.2, 0.25) is 5.02 Å². The molecule has 1 aliphatic carbocycles. The molecule has 8 nitrogen and oxygen atoms in total. The fraction of sp³-hybridized carbons (Fsp3) is 0.217. The second-order valence-electron chi connectivity index (χ2n) is 7.86. The van der Waals surface area contributed by atoms with Crippen LogP contribution in [0.5, 0.6) is 11.6 Å². The van der Waals surface area contributed by atoms with E-state index in [0.717, 1.165) is 25.0 Å². The summed E-state index contributed by atoms with van der Waals surface area (Å²) in [5.74, 6) is 0.712. The Hall–Kier alpha value is -3.86. The van der Waals surface area contributed by atoms with E-state index < -0.39 is 22.8 Å². The lowest BCUT2D eigenvalue weighted by Crippen LogP contribution is -2.20. The van der Waals surface area contributed by atoms with Gasteiger partial charge in [0.2, 0.25) is 11.8 Å². The monoisotopic (exact) mass is 505 g/mol. The number of hydrogen-bond acceptors (Lipinski definition) is 5. The Labute approximate surface area is 202 Å². The first-order valence-electron chi connectivity index (χ1n) is 10.4. The van der Waals surface area contributed by atoms with Gasteiger partial charge in [0.25, 0.3) is 0 Å². The van der Waals surface area contributed by atoms with Gasteiger partial charge in [-0.3, -0.25) is 4.79 Å². The fourth-order valence-corrected chi connectivity index (χ4v) is 3.29. The van der Waals surface area contributed by atoms with E-state index in [1.54, 1.807) is 19.1 Å². The number of rotatable bonds is 6. The van der Waals surface area contributed by atoms with E-state index in [4.69, 9.17) is 16.3 Å². The molecule has 4 rings (SSSR count). The normalized spacial score (nSPS) is 13.2. The Bertz CT molecular complexity index is 1280. The number of halogens is 4. The van der Waals surface area contributed by atoms with Crippen LogP contribution in [0.15, 0.2) is 48.8 Å². The minimum absolute atomic E-state index is 0.0131. The SMILES string of the molecule is Cc1ccc(Oc2cc(NC(=O)C3CC3)ncn2)cc1NC(=O)Nc1ccc(Cl)c(C(F)(F)F)c1. The second-order valence-corrected chi connectivity index (χ2v) is 8.26. The topological polar surface area (TPSA) is 105 Å². The number of carbonyl (C=O) groups excluding carboxylic acids is 2. The van der Waals surface area contributed by atoms with Gasteiger partial charge >= 0.3 is 12.2 Å². The molecule has 0 radical (unpaired) electrons. The number of alkyl halides is 3. The Morgan fingerprint density at radius 1 is 1.03 bits per heavy atom. The zero-order valence-corrected chi connectivity index (χ0v) is 19.0. The number of anilines is 3. The highest BCUT2D eigenvalue weighted by molar-refractivity contribution is 6.31. The number of urea groups is 1. The molecule has 182 valence electrons. The number of ether oxygens (including phenoxy) is 1. The van der Waals surface area contributed by atoms with Gasteiger partial charge in [-0.05, 0) is 49.6 Å². The summed E-state index contributed by atoms with van der Waals surface area (Å²) in [7, 11) is 0. The molecule has 1 aliphatic rings. The van der Waals surface area contributed by atoms with Crippen molar-refractivity contribution in [3.8, 4) is 11.6 Å². The van der Waals surface area contributed by atoms with E-state index in [1.807, 2.05) is 0 Å². The molecule has 2 aromatic carbocycles. The Morgan fingerprint density at radius 2 is 1.80 bits per heavy atom. The maximum atomic E-state index is 13.1. The van der Waals surface area contributed by atoms with Crippen molar-refractivity contribution in [3.05, 3.63) is 64.9 Å². The number of aryl methyl sites for hydroxylation is 1. The molecule has 0 aliphatic heterocycles. The zero-order valence-electron chi connectivity index (χ0n) is 18.2. The van der Waals surface area contributed by atoms with Crippen molar-refractivity contribution >= 4 is 40.7 Å². The largest absolute Gasteiger partial charge is 0.439 e. The maximum Gasteiger partial charge on any atom is 0.417 e. The number of aromatic nitrogens is 2. The first kappa shape index (κ1) is 24.3. The molecule has 3 amide bonds. The van der Waals surface area contributed by atoms with E-state index in [9.17, 15) is 22.8 Å². The highest BCUT2D eigenvalue weighted by atomic mass is 35.5. The highest BCUT2D eigenvalue weighted by Gasteiger charge is 2.33. The molecular formula is C23H19ClF3N5O3. The van der Waals surface area contributed by atoms with Crippen LogP contribution in [0.4, 0.5) is 35.2 Å². The molecule has 0 atom stereocenters. The van der Waals surface area contributed by atoms with Gasteiger partial charge in [0.15, 0.2) is 0 Å². The lowest BCUT2D eigenvalue weighted by Gasteiger charge is -2.14. The van der Waals surface area contributed by atoms with Gasteiger partial charge in [-0.1, -0.05) is 17.7 Å². The number of benzene rings is 2. The number of carbonyl (C=O) groups is 2. The van der Waals surface area contributed by atoms with E-state index in [1.165, 1.54) is 24.5 Å².